The summed E-state index contributed by atoms with van der Waals surface area (Å²) in [6, 6.07) is 2.21. The first-order valence-corrected chi connectivity index (χ1v) is 8.40. The highest BCUT2D eigenvalue weighted by Gasteiger charge is 2.29. The summed E-state index contributed by atoms with van der Waals surface area (Å²) < 4.78 is 7.27. The Morgan fingerprint density at radius 3 is 2.70 bits per heavy atom. The molecule has 0 atom stereocenters. The van der Waals surface area contributed by atoms with E-state index in [1.807, 2.05) is 15.6 Å². The van der Waals surface area contributed by atoms with Gasteiger partial charge in [-0.3, -0.25) is 4.79 Å². The maximum absolute atomic E-state index is 13.0. The van der Waals surface area contributed by atoms with E-state index in [4.69, 9.17) is 9.72 Å². The molecule has 1 saturated heterocycles. The zero-order valence-corrected chi connectivity index (χ0v) is 13.7. The lowest BCUT2D eigenvalue weighted by Gasteiger charge is -2.27. The smallest absolute Gasteiger partial charge is 0.254 e. The summed E-state index contributed by atoms with van der Waals surface area (Å²) in [5, 5.41) is 5.32. The van der Waals surface area contributed by atoms with Crippen LogP contribution in [0.15, 0.2) is 12.3 Å². The second kappa shape index (κ2) is 5.60. The Labute approximate surface area is 135 Å². The van der Waals surface area contributed by atoms with Gasteiger partial charge in [-0.1, -0.05) is 0 Å². The van der Waals surface area contributed by atoms with Crippen LogP contribution >= 0.6 is 0 Å². The summed E-state index contributed by atoms with van der Waals surface area (Å²) in [4.78, 5) is 19.7. The van der Waals surface area contributed by atoms with Crippen molar-refractivity contribution in [3.63, 3.8) is 0 Å². The highest BCUT2D eigenvalue weighted by molar-refractivity contribution is 6.05. The lowest BCUT2D eigenvalue weighted by atomic mass is 10.1. The molecule has 2 aromatic heterocycles. The van der Waals surface area contributed by atoms with Crippen molar-refractivity contribution in [3.05, 3.63) is 23.5 Å². The number of aromatic nitrogens is 3. The Balaban J connectivity index is 1.82. The third-order valence-electron chi connectivity index (χ3n) is 4.60. The third-order valence-corrected chi connectivity index (χ3v) is 4.60. The lowest BCUT2D eigenvalue weighted by molar-refractivity contribution is 0.0304. The van der Waals surface area contributed by atoms with E-state index in [0.29, 0.717) is 32.2 Å². The lowest BCUT2D eigenvalue weighted by Crippen LogP contribution is -2.40. The molecule has 3 heterocycles. The van der Waals surface area contributed by atoms with Gasteiger partial charge in [0.2, 0.25) is 0 Å². The number of nitrogens with zero attached hydrogens (tertiary/aromatic N) is 4. The van der Waals surface area contributed by atoms with Gasteiger partial charge < -0.3 is 9.64 Å². The summed E-state index contributed by atoms with van der Waals surface area (Å²) in [5.41, 5.74) is 2.61. The van der Waals surface area contributed by atoms with Crippen LogP contribution in [0.25, 0.3) is 11.0 Å². The number of carbonyl (C=O) groups excluding carboxylic acids is 1. The minimum atomic E-state index is 0.0749. The Morgan fingerprint density at radius 1 is 1.30 bits per heavy atom. The SMILES string of the molecule is CC(C)n1ncc2c(C(=O)N3CCOCC3)cc(C3CC3)nc21. The van der Waals surface area contributed by atoms with Gasteiger partial charge in [0.1, 0.15) is 0 Å². The molecule has 1 saturated carbocycles. The first-order chi connectivity index (χ1) is 11.1. The number of carbonyl (C=O) groups is 1. The number of hydrogen-bond acceptors (Lipinski definition) is 4. The highest BCUT2D eigenvalue weighted by Crippen LogP contribution is 2.40. The molecule has 1 aliphatic heterocycles. The van der Waals surface area contributed by atoms with Crippen LogP contribution in [-0.4, -0.2) is 51.9 Å². The van der Waals surface area contributed by atoms with Crippen LogP contribution in [0.1, 0.15) is 54.7 Å². The molecule has 0 unspecified atom stereocenters. The Morgan fingerprint density at radius 2 is 2.04 bits per heavy atom. The van der Waals surface area contributed by atoms with Crippen molar-refractivity contribution in [2.24, 2.45) is 0 Å². The highest BCUT2D eigenvalue weighted by atomic mass is 16.5. The predicted octanol–water partition coefficient (Wildman–Crippen LogP) is 2.36. The minimum absolute atomic E-state index is 0.0749. The molecule has 1 aliphatic carbocycles. The molecular formula is C17H22N4O2. The van der Waals surface area contributed by atoms with E-state index in [1.54, 1.807) is 6.20 Å². The Hall–Kier alpha value is -1.95. The van der Waals surface area contributed by atoms with E-state index in [-0.39, 0.29) is 11.9 Å². The van der Waals surface area contributed by atoms with Crippen molar-refractivity contribution in [1.29, 1.82) is 0 Å². The van der Waals surface area contributed by atoms with Gasteiger partial charge in [-0.05, 0) is 32.8 Å². The fourth-order valence-corrected chi connectivity index (χ4v) is 3.12. The van der Waals surface area contributed by atoms with E-state index in [0.717, 1.165) is 22.3 Å². The molecule has 2 aromatic rings. The van der Waals surface area contributed by atoms with E-state index in [1.165, 1.54) is 12.8 Å². The molecule has 0 spiro atoms. The van der Waals surface area contributed by atoms with Crippen molar-refractivity contribution in [2.45, 2.75) is 38.6 Å². The molecule has 6 nitrogen and oxygen atoms in total. The van der Waals surface area contributed by atoms with Crippen LogP contribution in [-0.2, 0) is 4.74 Å². The van der Waals surface area contributed by atoms with Crippen molar-refractivity contribution in [1.82, 2.24) is 19.7 Å². The van der Waals surface area contributed by atoms with E-state index in [9.17, 15) is 4.79 Å². The van der Waals surface area contributed by atoms with Crippen LogP contribution in [0.3, 0.4) is 0 Å². The number of rotatable bonds is 3. The molecule has 4 rings (SSSR count). The predicted molar refractivity (Wildman–Crippen MR) is 86.6 cm³/mol. The first-order valence-electron chi connectivity index (χ1n) is 8.40. The van der Waals surface area contributed by atoms with Crippen molar-refractivity contribution in [3.8, 4) is 0 Å². The monoisotopic (exact) mass is 314 g/mol. The zero-order valence-electron chi connectivity index (χ0n) is 13.7. The Kier molecular flexibility index (Phi) is 3.56. The molecule has 0 N–H and O–H groups in total. The third kappa shape index (κ3) is 2.61. The second-order valence-electron chi connectivity index (χ2n) is 6.69. The van der Waals surface area contributed by atoms with Crippen LogP contribution in [0.4, 0.5) is 0 Å². The average Bonchev–Trinajstić information content (AvgIpc) is 3.33. The fourth-order valence-electron chi connectivity index (χ4n) is 3.12. The van der Waals surface area contributed by atoms with Gasteiger partial charge >= 0.3 is 0 Å². The molecule has 0 bridgehead atoms. The molecule has 23 heavy (non-hydrogen) atoms. The van der Waals surface area contributed by atoms with E-state index < -0.39 is 0 Å². The van der Waals surface area contributed by atoms with Crippen LogP contribution in [0.5, 0.6) is 0 Å². The number of hydrogen-bond donors (Lipinski definition) is 0. The molecule has 0 radical (unpaired) electrons. The van der Waals surface area contributed by atoms with Crippen LogP contribution in [0.2, 0.25) is 0 Å². The van der Waals surface area contributed by atoms with Crippen molar-refractivity contribution in [2.75, 3.05) is 26.3 Å². The van der Waals surface area contributed by atoms with E-state index >= 15 is 0 Å². The van der Waals surface area contributed by atoms with Gasteiger partial charge in [0, 0.05) is 30.7 Å². The normalized spacial score (nSPS) is 18.8. The maximum atomic E-state index is 13.0. The average molecular weight is 314 g/mol. The molecule has 0 aromatic carbocycles. The van der Waals surface area contributed by atoms with Gasteiger partial charge in [-0.2, -0.15) is 5.10 Å². The number of amides is 1. The van der Waals surface area contributed by atoms with Crippen LogP contribution in [0, 0.1) is 0 Å². The molecular weight excluding hydrogens is 292 g/mol. The Bertz CT molecular complexity index is 742. The summed E-state index contributed by atoms with van der Waals surface area (Å²) >= 11 is 0. The van der Waals surface area contributed by atoms with Gasteiger partial charge in [0.05, 0.1) is 30.4 Å². The minimum Gasteiger partial charge on any atom is -0.378 e. The molecule has 122 valence electrons. The maximum Gasteiger partial charge on any atom is 0.254 e. The molecule has 6 heteroatoms. The number of fused-ring (bicyclic) bond motifs is 1. The standard InChI is InChI=1S/C17H22N4O2/c1-11(2)21-16-14(10-18-21)13(9-15(19-16)12-3-4-12)17(22)20-5-7-23-8-6-20/h9-12H,3-8H2,1-2H3. The summed E-state index contributed by atoms with van der Waals surface area (Å²) in [5.74, 6) is 0.581. The first kappa shape index (κ1) is 14.6. The summed E-state index contributed by atoms with van der Waals surface area (Å²) in [6.07, 6.45) is 4.12. The molecule has 2 fully saturated rings. The van der Waals surface area contributed by atoms with Gasteiger partial charge in [-0.15, -0.1) is 0 Å². The quantitative estimate of drug-likeness (QED) is 0.872. The number of ether oxygens (including phenoxy) is 1. The topological polar surface area (TPSA) is 60.2 Å². The zero-order chi connectivity index (χ0) is 16.0. The summed E-state index contributed by atoms with van der Waals surface area (Å²) in [7, 11) is 0. The van der Waals surface area contributed by atoms with Gasteiger partial charge in [0.25, 0.3) is 5.91 Å². The van der Waals surface area contributed by atoms with Crippen molar-refractivity contribution >= 4 is 16.9 Å². The molecule has 1 amide bonds. The second-order valence-corrected chi connectivity index (χ2v) is 6.69. The van der Waals surface area contributed by atoms with Gasteiger partial charge in [-0.25, -0.2) is 9.67 Å². The molecule has 2 aliphatic rings. The van der Waals surface area contributed by atoms with Crippen molar-refractivity contribution < 1.29 is 9.53 Å². The number of morpholine rings is 1. The van der Waals surface area contributed by atoms with Gasteiger partial charge in [0.15, 0.2) is 5.65 Å². The van der Waals surface area contributed by atoms with Crippen LogP contribution < -0.4 is 0 Å². The summed E-state index contributed by atoms with van der Waals surface area (Å²) in [6.45, 7) is 6.70. The fraction of sp³-hybridized carbons (Fsp3) is 0.588. The van der Waals surface area contributed by atoms with E-state index in [2.05, 4.69) is 18.9 Å². The number of pyridine rings is 1. The largest absolute Gasteiger partial charge is 0.378 e.